The summed E-state index contributed by atoms with van der Waals surface area (Å²) in [5.41, 5.74) is 8.90. The first kappa shape index (κ1) is 19.1. The molecule has 0 radical (unpaired) electrons. The van der Waals surface area contributed by atoms with Crippen molar-refractivity contribution in [2.45, 2.75) is 25.8 Å². The number of rotatable bonds is 6. The fraction of sp³-hybridized carbons (Fsp3) is 0.278. The fourth-order valence-corrected chi connectivity index (χ4v) is 2.37. The highest BCUT2D eigenvalue weighted by Gasteiger charge is 2.11. The monoisotopic (exact) mass is 336 g/mol. The first-order valence-corrected chi connectivity index (χ1v) is 7.38. The van der Waals surface area contributed by atoms with Crippen molar-refractivity contribution in [1.29, 1.82) is 0 Å². The molecule has 0 bridgehead atoms. The largest absolute Gasteiger partial charge is 0.356 e. The summed E-state index contributed by atoms with van der Waals surface area (Å²) in [7, 11) is 0. The van der Waals surface area contributed by atoms with Crippen LogP contribution in [0.5, 0.6) is 0 Å². The third kappa shape index (κ3) is 6.00. The Kier molecular flexibility index (Phi) is 7.72. The number of carbonyl (C=O) groups excluding carboxylic acids is 1. The molecule has 2 aromatic rings. The van der Waals surface area contributed by atoms with Gasteiger partial charge in [0, 0.05) is 19.0 Å². The molecule has 3 nitrogen and oxygen atoms in total. The second kappa shape index (κ2) is 9.28. The molecule has 2 aromatic carbocycles. The van der Waals surface area contributed by atoms with Crippen LogP contribution in [0.4, 0.5) is 4.39 Å². The van der Waals surface area contributed by atoms with Gasteiger partial charge in [0.2, 0.25) is 5.91 Å². The molecule has 2 rings (SSSR count). The number of hydrogen-bond acceptors (Lipinski definition) is 2. The van der Waals surface area contributed by atoms with E-state index in [2.05, 4.69) is 5.32 Å². The van der Waals surface area contributed by atoms with Gasteiger partial charge in [-0.1, -0.05) is 36.4 Å². The van der Waals surface area contributed by atoms with Crippen molar-refractivity contribution in [2.24, 2.45) is 5.73 Å². The molecular weight excluding hydrogens is 315 g/mol. The zero-order valence-electron chi connectivity index (χ0n) is 13.1. The van der Waals surface area contributed by atoms with Crippen molar-refractivity contribution < 1.29 is 9.18 Å². The smallest absolute Gasteiger partial charge is 0.221 e. The van der Waals surface area contributed by atoms with Gasteiger partial charge in [-0.3, -0.25) is 4.79 Å². The zero-order valence-corrected chi connectivity index (χ0v) is 13.9. The van der Waals surface area contributed by atoms with E-state index in [1.807, 2.05) is 37.3 Å². The maximum Gasteiger partial charge on any atom is 0.221 e. The van der Waals surface area contributed by atoms with Crippen LogP contribution >= 0.6 is 12.4 Å². The summed E-state index contributed by atoms with van der Waals surface area (Å²) in [5, 5.41) is 2.86. The maximum absolute atomic E-state index is 13.0. The number of nitrogens with one attached hydrogen (secondary N) is 1. The molecule has 3 N–H and O–H groups in total. The lowest BCUT2D eigenvalue weighted by Gasteiger charge is -2.12. The number of amides is 1. The van der Waals surface area contributed by atoms with Gasteiger partial charge in [0.05, 0.1) is 0 Å². The van der Waals surface area contributed by atoms with Crippen LogP contribution in [0.2, 0.25) is 0 Å². The number of benzene rings is 2. The van der Waals surface area contributed by atoms with Crippen molar-refractivity contribution in [3.8, 4) is 0 Å². The third-order valence-electron chi connectivity index (χ3n) is 3.65. The van der Waals surface area contributed by atoms with Gasteiger partial charge in [-0.2, -0.15) is 0 Å². The number of nitrogens with two attached hydrogens (primary N) is 1. The Bertz CT molecular complexity index is 634. The minimum atomic E-state index is -0.297. The minimum absolute atomic E-state index is 0. The molecule has 1 unspecified atom stereocenters. The predicted octanol–water partition coefficient (Wildman–Crippen LogP) is 3.30. The number of halogens is 2. The molecule has 0 saturated heterocycles. The van der Waals surface area contributed by atoms with E-state index in [0.717, 1.165) is 16.7 Å². The summed E-state index contributed by atoms with van der Waals surface area (Å²) >= 11 is 0. The molecule has 1 amide bonds. The van der Waals surface area contributed by atoms with E-state index < -0.39 is 0 Å². The summed E-state index contributed by atoms with van der Waals surface area (Å²) in [5.74, 6) is -0.310. The molecular formula is C18H22ClFN2O. The van der Waals surface area contributed by atoms with Crippen LogP contribution in [0.15, 0.2) is 48.5 Å². The Hall–Kier alpha value is -1.91. The zero-order chi connectivity index (χ0) is 15.9. The van der Waals surface area contributed by atoms with Crippen LogP contribution in [0, 0.1) is 12.7 Å². The lowest BCUT2D eigenvalue weighted by Crippen LogP contribution is -2.29. The fourth-order valence-electron chi connectivity index (χ4n) is 2.37. The van der Waals surface area contributed by atoms with E-state index in [1.165, 1.54) is 12.1 Å². The predicted molar refractivity (Wildman–Crippen MR) is 93.1 cm³/mol. The van der Waals surface area contributed by atoms with E-state index in [-0.39, 0.29) is 36.6 Å². The van der Waals surface area contributed by atoms with Crippen molar-refractivity contribution in [3.05, 3.63) is 71.0 Å². The molecule has 0 aromatic heterocycles. The van der Waals surface area contributed by atoms with E-state index in [1.54, 1.807) is 6.07 Å². The molecule has 124 valence electrons. The highest BCUT2D eigenvalue weighted by molar-refractivity contribution is 5.85. The Balaban J connectivity index is 0.00000264. The van der Waals surface area contributed by atoms with E-state index >= 15 is 0 Å². The Morgan fingerprint density at radius 3 is 2.57 bits per heavy atom. The van der Waals surface area contributed by atoms with Gasteiger partial charge in [0.1, 0.15) is 5.82 Å². The molecule has 0 aliphatic rings. The van der Waals surface area contributed by atoms with Gasteiger partial charge in [-0.15, -0.1) is 12.4 Å². The summed E-state index contributed by atoms with van der Waals surface area (Å²) in [6.45, 7) is 2.39. The van der Waals surface area contributed by atoms with E-state index in [9.17, 15) is 9.18 Å². The second-order valence-electron chi connectivity index (χ2n) is 5.39. The molecule has 0 aliphatic heterocycles. The van der Waals surface area contributed by atoms with Crippen molar-refractivity contribution in [3.63, 3.8) is 0 Å². The minimum Gasteiger partial charge on any atom is -0.356 e. The summed E-state index contributed by atoms with van der Waals surface area (Å²) < 4.78 is 13.0. The summed E-state index contributed by atoms with van der Waals surface area (Å²) in [6, 6.07) is 14.0. The van der Waals surface area contributed by atoms with Gasteiger partial charge >= 0.3 is 0 Å². The number of aryl methyl sites for hydroxylation is 1. The molecule has 0 spiro atoms. The highest BCUT2D eigenvalue weighted by Crippen LogP contribution is 2.13. The van der Waals surface area contributed by atoms with E-state index in [0.29, 0.717) is 13.0 Å². The van der Waals surface area contributed by atoms with Crippen LogP contribution in [0.3, 0.4) is 0 Å². The quantitative estimate of drug-likeness (QED) is 0.850. The molecule has 0 aliphatic carbocycles. The lowest BCUT2D eigenvalue weighted by molar-refractivity contribution is -0.121. The lowest BCUT2D eigenvalue weighted by atomic mass is 10.0. The Morgan fingerprint density at radius 2 is 1.91 bits per heavy atom. The SMILES string of the molecule is Cc1cc(F)ccc1CCNC(=O)CC(N)c1ccccc1.Cl. The third-order valence-corrected chi connectivity index (χ3v) is 3.65. The number of hydrogen-bond donors (Lipinski definition) is 2. The van der Waals surface area contributed by atoms with Crippen LogP contribution in [0.25, 0.3) is 0 Å². The first-order chi connectivity index (χ1) is 10.6. The topological polar surface area (TPSA) is 55.1 Å². The van der Waals surface area contributed by atoms with Gasteiger partial charge in [-0.05, 0) is 42.2 Å². The van der Waals surface area contributed by atoms with E-state index in [4.69, 9.17) is 5.73 Å². The average molecular weight is 337 g/mol. The summed E-state index contributed by atoms with van der Waals surface area (Å²) in [6.07, 6.45) is 0.935. The Labute approximate surface area is 142 Å². The van der Waals surface area contributed by atoms with Crippen LogP contribution < -0.4 is 11.1 Å². The average Bonchev–Trinajstić information content (AvgIpc) is 2.50. The standard InChI is InChI=1S/C18H21FN2O.ClH/c1-13-11-16(19)8-7-14(13)9-10-21-18(22)12-17(20)15-5-3-2-4-6-15;/h2-8,11,17H,9-10,12,20H2,1H3,(H,21,22);1H. The van der Waals surface area contributed by atoms with Gasteiger partial charge in [-0.25, -0.2) is 4.39 Å². The maximum atomic E-state index is 13.0. The molecule has 23 heavy (non-hydrogen) atoms. The first-order valence-electron chi connectivity index (χ1n) is 7.38. The number of carbonyl (C=O) groups is 1. The van der Waals surface area contributed by atoms with Crippen LogP contribution in [-0.4, -0.2) is 12.5 Å². The highest BCUT2D eigenvalue weighted by atomic mass is 35.5. The molecule has 0 saturated carbocycles. The van der Waals surface area contributed by atoms with Crippen molar-refractivity contribution >= 4 is 18.3 Å². The Morgan fingerprint density at radius 1 is 1.22 bits per heavy atom. The van der Waals surface area contributed by atoms with Gasteiger partial charge < -0.3 is 11.1 Å². The van der Waals surface area contributed by atoms with Gasteiger partial charge in [0.25, 0.3) is 0 Å². The molecule has 5 heteroatoms. The molecule has 0 fully saturated rings. The van der Waals surface area contributed by atoms with Gasteiger partial charge in [0.15, 0.2) is 0 Å². The van der Waals surface area contributed by atoms with Crippen molar-refractivity contribution in [2.75, 3.05) is 6.54 Å². The van der Waals surface area contributed by atoms with Crippen LogP contribution in [-0.2, 0) is 11.2 Å². The molecule has 1 atom stereocenters. The normalized spacial score (nSPS) is 11.4. The molecule has 0 heterocycles. The van der Waals surface area contributed by atoms with Crippen molar-refractivity contribution in [1.82, 2.24) is 5.32 Å². The summed E-state index contributed by atoms with van der Waals surface area (Å²) in [4.78, 5) is 11.9. The van der Waals surface area contributed by atoms with Crippen LogP contribution in [0.1, 0.15) is 29.2 Å². The second-order valence-corrected chi connectivity index (χ2v) is 5.39.